The molecule has 0 atom stereocenters. The molecule has 0 radical (unpaired) electrons. The molecule has 3 N–H and O–H groups in total. The lowest BCUT2D eigenvalue weighted by Crippen LogP contribution is -2.43. The lowest BCUT2D eigenvalue weighted by Gasteiger charge is -2.18. The van der Waals surface area contributed by atoms with Gasteiger partial charge in [0, 0.05) is 11.6 Å². The number of aliphatic hydroxyl groups is 1. The van der Waals surface area contributed by atoms with Crippen molar-refractivity contribution in [1.29, 1.82) is 0 Å². The average Bonchev–Trinajstić information content (AvgIpc) is 3.07. The number of hydrogen-bond donors (Lipinski definition) is 3. The van der Waals surface area contributed by atoms with Gasteiger partial charge in [0.1, 0.15) is 0 Å². The van der Waals surface area contributed by atoms with Crippen molar-refractivity contribution in [3.63, 3.8) is 0 Å². The Morgan fingerprint density at radius 3 is 2.82 bits per heavy atom. The van der Waals surface area contributed by atoms with E-state index in [9.17, 15) is 4.79 Å². The zero-order chi connectivity index (χ0) is 12.3. The smallest absolute Gasteiger partial charge is 0.315 e. The van der Waals surface area contributed by atoms with Gasteiger partial charge < -0.3 is 15.7 Å². The number of halogens is 1. The minimum absolute atomic E-state index is 0.0580. The van der Waals surface area contributed by atoms with Crippen LogP contribution in [-0.4, -0.2) is 24.3 Å². The van der Waals surface area contributed by atoms with Gasteiger partial charge in [-0.3, -0.25) is 0 Å². The summed E-state index contributed by atoms with van der Waals surface area (Å²) in [4.78, 5) is 11.5. The van der Waals surface area contributed by atoms with Crippen LogP contribution in [-0.2, 0) is 5.54 Å². The molecular formula is C12H15ClN2O2. The third-order valence-corrected chi connectivity index (χ3v) is 3.11. The molecule has 5 heteroatoms. The molecule has 17 heavy (non-hydrogen) atoms. The van der Waals surface area contributed by atoms with Crippen molar-refractivity contribution in [3.8, 4) is 0 Å². The first-order valence-electron chi connectivity index (χ1n) is 5.59. The lowest BCUT2D eigenvalue weighted by molar-refractivity contribution is 0.229. The Kier molecular flexibility index (Phi) is 3.54. The summed E-state index contributed by atoms with van der Waals surface area (Å²) in [5.74, 6) is 0. The number of benzene rings is 1. The van der Waals surface area contributed by atoms with Crippen LogP contribution >= 0.6 is 11.6 Å². The van der Waals surface area contributed by atoms with Crippen LogP contribution in [0.1, 0.15) is 18.4 Å². The second-order valence-electron chi connectivity index (χ2n) is 4.20. The minimum Gasteiger partial charge on any atom is -0.395 e. The van der Waals surface area contributed by atoms with Crippen LogP contribution in [0.25, 0.3) is 0 Å². The van der Waals surface area contributed by atoms with Crippen molar-refractivity contribution in [2.45, 2.75) is 18.4 Å². The summed E-state index contributed by atoms with van der Waals surface area (Å²) in [6.45, 7) is 0.203. The highest BCUT2D eigenvalue weighted by Gasteiger charge is 2.45. The Labute approximate surface area is 105 Å². The molecule has 0 saturated heterocycles. The highest BCUT2D eigenvalue weighted by Crippen LogP contribution is 2.45. The second-order valence-corrected chi connectivity index (χ2v) is 4.63. The molecule has 1 aliphatic carbocycles. The van der Waals surface area contributed by atoms with E-state index in [1.165, 1.54) is 0 Å². The first-order chi connectivity index (χ1) is 8.16. The van der Waals surface area contributed by atoms with Crippen molar-refractivity contribution in [2.24, 2.45) is 0 Å². The lowest BCUT2D eigenvalue weighted by atomic mass is 10.1. The fourth-order valence-corrected chi connectivity index (χ4v) is 2.02. The van der Waals surface area contributed by atoms with Crippen molar-refractivity contribution in [3.05, 3.63) is 34.9 Å². The zero-order valence-electron chi connectivity index (χ0n) is 9.37. The fourth-order valence-electron chi connectivity index (χ4n) is 1.83. The number of carbonyl (C=O) groups is 1. The Bertz CT molecular complexity index is 419. The van der Waals surface area contributed by atoms with Crippen LogP contribution in [0.3, 0.4) is 0 Å². The monoisotopic (exact) mass is 254 g/mol. The van der Waals surface area contributed by atoms with E-state index in [4.69, 9.17) is 16.7 Å². The van der Waals surface area contributed by atoms with Crippen LogP contribution in [0.2, 0.25) is 5.02 Å². The van der Waals surface area contributed by atoms with Crippen LogP contribution in [0.15, 0.2) is 24.3 Å². The second kappa shape index (κ2) is 4.94. The van der Waals surface area contributed by atoms with E-state index in [1.54, 1.807) is 0 Å². The summed E-state index contributed by atoms with van der Waals surface area (Å²) >= 11 is 5.94. The Morgan fingerprint density at radius 1 is 1.47 bits per heavy atom. The molecule has 0 spiro atoms. The molecule has 0 aromatic heterocycles. The predicted molar refractivity (Wildman–Crippen MR) is 66.0 cm³/mol. The maximum Gasteiger partial charge on any atom is 0.315 e. The topological polar surface area (TPSA) is 61.4 Å². The van der Waals surface area contributed by atoms with Crippen LogP contribution in [0.4, 0.5) is 4.79 Å². The molecule has 4 nitrogen and oxygen atoms in total. The van der Waals surface area contributed by atoms with Crippen molar-refractivity contribution in [2.75, 3.05) is 13.2 Å². The highest BCUT2D eigenvalue weighted by atomic mass is 35.5. The van der Waals surface area contributed by atoms with Crippen LogP contribution in [0, 0.1) is 0 Å². The fraction of sp³-hybridized carbons (Fsp3) is 0.417. The number of nitrogens with one attached hydrogen (secondary N) is 2. The number of urea groups is 1. The standard InChI is InChI=1S/C12H15ClN2O2/c13-10-3-1-2-9(8-10)12(4-5-12)15-11(17)14-6-7-16/h1-3,8,16H,4-7H2,(H2,14,15,17). The molecule has 1 fully saturated rings. The van der Waals surface area contributed by atoms with Gasteiger partial charge in [-0.25, -0.2) is 4.79 Å². The zero-order valence-corrected chi connectivity index (χ0v) is 10.1. The molecule has 1 aromatic carbocycles. The van der Waals surface area contributed by atoms with Gasteiger partial charge in [-0.1, -0.05) is 23.7 Å². The molecule has 0 heterocycles. The molecule has 1 aliphatic rings. The third-order valence-electron chi connectivity index (χ3n) is 2.88. The summed E-state index contributed by atoms with van der Waals surface area (Å²) in [5.41, 5.74) is 0.758. The van der Waals surface area contributed by atoms with E-state index in [0.29, 0.717) is 5.02 Å². The van der Waals surface area contributed by atoms with E-state index in [2.05, 4.69) is 10.6 Å². The predicted octanol–water partition coefficient (Wildman–Crippen LogP) is 1.62. The quantitative estimate of drug-likeness (QED) is 0.765. The maximum atomic E-state index is 11.5. The molecule has 92 valence electrons. The maximum absolute atomic E-state index is 11.5. The summed E-state index contributed by atoms with van der Waals surface area (Å²) in [7, 11) is 0. The normalized spacial score (nSPS) is 16.4. The van der Waals surface area contributed by atoms with Crippen molar-refractivity contribution < 1.29 is 9.90 Å². The van der Waals surface area contributed by atoms with E-state index in [1.807, 2.05) is 24.3 Å². The first-order valence-corrected chi connectivity index (χ1v) is 5.97. The molecule has 0 unspecified atom stereocenters. The number of rotatable bonds is 4. The average molecular weight is 255 g/mol. The van der Waals surface area contributed by atoms with Gasteiger partial charge in [0.2, 0.25) is 0 Å². The minimum atomic E-state index is -0.273. The van der Waals surface area contributed by atoms with E-state index < -0.39 is 0 Å². The Hall–Kier alpha value is -1.26. The van der Waals surface area contributed by atoms with Gasteiger partial charge in [0.15, 0.2) is 0 Å². The van der Waals surface area contributed by atoms with E-state index in [-0.39, 0.29) is 24.7 Å². The number of carbonyl (C=O) groups excluding carboxylic acids is 1. The molecule has 1 aromatic rings. The molecule has 0 bridgehead atoms. The van der Waals surface area contributed by atoms with Gasteiger partial charge in [0.05, 0.1) is 12.1 Å². The van der Waals surface area contributed by atoms with Gasteiger partial charge in [-0.05, 0) is 30.5 Å². The first kappa shape index (κ1) is 12.2. The SMILES string of the molecule is O=C(NCCO)NC1(c2cccc(Cl)c2)CC1. The van der Waals surface area contributed by atoms with Gasteiger partial charge in [-0.2, -0.15) is 0 Å². The highest BCUT2D eigenvalue weighted by molar-refractivity contribution is 6.30. The van der Waals surface area contributed by atoms with Crippen molar-refractivity contribution in [1.82, 2.24) is 10.6 Å². The summed E-state index contributed by atoms with van der Waals surface area (Å²) in [6, 6.07) is 7.28. The van der Waals surface area contributed by atoms with Crippen LogP contribution in [0.5, 0.6) is 0 Å². The summed E-state index contributed by atoms with van der Waals surface area (Å²) in [5, 5.41) is 14.8. The molecule has 2 amide bonds. The Morgan fingerprint density at radius 2 is 2.24 bits per heavy atom. The van der Waals surface area contributed by atoms with E-state index >= 15 is 0 Å². The van der Waals surface area contributed by atoms with Gasteiger partial charge in [-0.15, -0.1) is 0 Å². The summed E-state index contributed by atoms with van der Waals surface area (Å²) in [6.07, 6.45) is 1.83. The summed E-state index contributed by atoms with van der Waals surface area (Å²) < 4.78 is 0. The number of amides is 2. The van der Waals surface area contributed by atoms with Crippen LogP contribution < -0.4 is 10.6 Å². The van der Waals surface area contributed by atoms with Crippen molar-refractivity contribution >= 4 is 17.6 Å². The number of hydrogen-bond acceptors (Lipinski definition) is 2. The molecule has 2 rings (SSSR count). The Balaban J connectivity index is 2.02. The largest absolute Gasteiger partial charge is 0.395 e. The molecular weight excluding hydrogens is 240 g/mol. The van der Waals surface area contributed by atoms with Gasteiger partial charge in [0.25, 0.3) is 0 Å². The van der Waals surface area contributed by atoms with Gasteiger partial charge >= 0.3 is 6.03 Å². The molecule has 0 aliphatic heterocycles. The number of aliphatic hydroxyl groups excluding tert-OH is 1. The van der Waals surface area contributed by atoms with E-state index in [0.717, 1.165) is 18.4 Å². The third kappa shape index (κ3) is 2.90. The molecule has 1 saturated carbocycles.